The van der Waals surface area contributed by atoms with Crippen LogP contribution in [-0.2, 0) is 33.9 Å². The number of carbonyl (C=O) groups excluding carboxylic acids is 3. The lowest BCUT2D eigenvalue weighted by Gasteiger charge is -2.39. The Bertz CT molecular complexity index is 1220. The van der Waals surface area contributed by atoms with Crippen molar-refractivity contribution >= 4 is 23.5 Å². The van der Waals surface area contributed by atoms with Crippen LogP contribution in [0.4, 0.5) is 5.69 Å². The zero-order valence-electron chi connectivity index (χ0n) is 24.4. The van der Waals surface area contributed by atoms with Gasteiger partial charge in [0.05, 0.1) is 0 Å². The molecule has 0 radical (unpaired) electrons. The molecule has 2 aromatic rings. The number of amides is 2. The van der Waals surface area contributed by atoms with E-state index in [4.69, 9.17) is 4.74 Å². The van der Waals surface area contributed by atoms with E-state index in [-0.39, 0.29) is 17.8 Å². The average Bonchev–Trinajstić information content (AvgIpc) is 2.86. The van der Waals surface area contributed by atoms with E-state index >= 15 is 0 Å². The molecule has 0 fully saturated rings. The highest BCUT2D eigenvalue weighted by Gasteiger charge is 2.39. The molecule has 0 spiro atoms. The molecule has 0 unspecified atom stereocenters. The first-order valence-corrected chi connectivity index (χ1v) is 13.5. The van der Waals surface area contributed by atoms with Gasteiger partial charge >= 0.3 is 5.97 Å². The second-order valence-electron chi connectivity index (χ2n) is 11.4. The highest BCUT2D eigenvalue weighted by atomic mass is 16.5. The van der Waals surface area contributed by atoms with Gasteiger partial charge in [-0.3, -0.25) is 19.3 Å². The Hall–Kier alpha value is -3.19. The van der Waals surface area contributed by atoms with Crippen LogP contribution in [0.2, 0.25) is 0 Å². The van der Waals surface area contributed by atoms with Gasteiger partial charge in [-0.2, -0.15) is 0 Å². The molecule has 0 saturated carbocycles. The molecular weight excluding hydrogens is 478 g/mol. The Morgan fingerprint density at radius 2 is 1.68 bits per heavy atom. The maximum Gasteiger partial charge on any atom is 0.308 e. The van der Waals surface area contributed by atoms with E-state index in [1.165, 1.54) is 12.5 Å². The quantitative estimate of drug-likeness (QED) is 0.394. The number of rotatable bonds is 7. The van der Waals surface area contributed by atoms with Crippen molar-refractivity contribution in [2.45, 2.75) is 87.9 Å². The van der Waals surface area contributed by atoms with Crippen molar-refractivity contribution in [1.82, 2.24) is 9.80 Å². The molecule has 0 aliphatic carbocycles. The number of ether oxygens (including phenoxy) is 1. The van der Waals surface area contributed by atoms with Gasteiger partial charge in [0.15, 0.2) is 0 Å². The van der Waals surface area contributed by atoms with Crippen molar-refractivity contribution in [3.63, 3.8) is 0 Å². The first-order chi connectivity index (χ1) is 17.8. The lowest BCUT2D eigenvalue weighted by molar-refractivity contribution is -0.146. The number of esters is 1. The molecule has 7 heteroatoms. The number of aryl methyl sites for hydroxylation is 1. The van der Waals surface area contributed by atoms with Crippen LogP contribution in [0.25, 0.3) is 0 Å². The van der Waals surface area contributed by atoms with Crippen molar-refractivity contribution in [2.75, 3.05) is 18.4 Å². The van der Waals surface area contributed by atoms with Gasteiger partial charge in [-0.25, -0.2) is 0 Å². The molecule has 2 aromatic carbocycles. The summed E-state index contributed by atoms with van der Waals surface area (Å²) < 4.78 is 5.40. The third-order valence-electron chi connectivity index (χ3n) is 7.44. The van der Waals surface area contributed by atoms with E-state index < -0.39 is 11.5 Å². The molecular formula is C31H43N3O4. The van der Waals surface area contributed by atoms with Gasteiger partial charge in [0.2, 0.25) is 11.8 Å². The van der Waals surface area contributed by atoms with Crippen molar-refractivity contribution in [3.8, 4) is 5.75 Å². The van der Waals surface area contributed by atoms with Gasteiger partial charge in [0, 0.05) is 37.5 Å². The summed E-state index contributed by atoms with van der Waals surface area (Å²) in [6.45, 7) is 20.2. The summed E-state index contributed by atoms with van der Waals surface area (Å²) in [7, 11) is 0. The van der Waals surface area contributed by atoms with Gasteiger partial charge < -0.3 is 15.0 Å². The Morgan fingerprint density at radius 3 is 2.26 bits per heavy atom. The Labute approximate surface area is 227 Å². The number of hydrogen-bond acceptors (Lipinski definition) is 5. The number of hydrogen-bond donors (Lipinski definition) is 1. The number of nitrogens with zero attached hydrogens (tertiary/aromatic N) is 2. The molecule has 7 nitrogen and oxygen atoms in total. The van der Waals surface area contributed by atoms with Crippen LogP contribution in [0.3, 0.4) is 0 Å². The van der Waals surface area contributed by atoms with Crippen molar-refractivity contribution in [1.29, 1.82) is 0 Å². The summed E-state index contributed by atoms with van der Waals surface area (Å²) in [6.07, 6.45) is 0.455. The monoisotopic (exact) mass is 521 g/mol. The number of benzene rings is 2. The molecule has 1 heterocycles. The summed E-state index contributed by atoms with van der Waals surface area (Å²) in [5.74, 6) is -0.135. The van der Waals surface area contributed by atoms with Crippen LogP contribution in [0.1, 0.15) is 74.9 Å². The van der Waals surface area contributed by atoms with Crippen LogP contribution in [0.5, 0.6) is 5.75 Å². The minimum absolute atomic E-state index is 0.0493. The first kappa shape index (κ1) is 29.4. The molecule has 0 saturated heterocycles. The predicted octanol–water partition coefficient (Wildman–Crippen LogP) is 5.32. The second kappa shape index (κ2) is 11.7. The summed E-state index contributed by atoms with van der Waals surface area (Å²) in [4.78, 5) is 43.0. The van der Waals surface area contributed by atoms with Crippen molar-refractivity contribution in [3.05, 3.63) is 57.6 Å². The fraction of sp³-hybridized carbons (Fsp3) is 0.516. The Balaban J connectivity index is 1.94. The van der Waals surface area contributed by atoms with Gasteiger partial charge in [0.25, 0.3) is 0 Å². The summed E-state index contributed by atoms with van der Waals surface area (Å²) in [5, 5.41) is 3.08. The van der Waals surface area contributed by atoms with Gasteiger partial charge in [-0.15, -0.1) is 0 Å². The number of nitrogens with one attached hydrogen (secondary N) is 1. The van der Waals surface area contributed by atoms with Gasteiger partial charge in [-0.1, -0.05) is 52.8 Å². The molecule has 1 aliphatic rings. The third kappa shape index (κ3) is 6.44. The molecule has 2 amide bonds. The fourth-order valence-electron chi connectivity index (χ4n) is 5.02. The summed E-state index contributed by atoms with van der Waals surface area (Å²) >= 11 is 0. The zero-order chi connectivity index (χ0) is 28.4. The van der Waals surface area contributed by atoms with E-state index in [0.717, 1.165) is 47.5 Å². The minimum Gasteiger partial charge on any atom is -0.426 e. The van der Waals surface area contributed by atoms with Crippen LogP contribution < -0.4 is 10.1 Å². The van der Waals surface area contributed by atoms with Gasteiger partial charge in [0.1, 0.15) is 11.8 Å². The average molecular weight is 522 g/mol. The van der Waals surface area contributed by atoms with Crippen molar-refractivity contribution in [2.24, 2.45) is 5.41 Å². The topological polar surface area (TPSA) is 79.0 Å². The minimum atomic E-state index is -0.629. The highest BCUT2D eigenvalue weighted by Crippen LogP contribution is 2.34. The molecule has 38 heavy (non-hydrogen) atoms. The third-order valence-corrected chi connectivity index (χ3v) is 7.44. The maximum absolute atomic E-state index is 13.7. The summed E-state index contributed by atoms with van der Waals surface area (Å²) in [5.41, 5.74) is 5.84. The van der Waals surface area contributed by atoms with E-state index in [1.54, 1.807) is 4.90 Å². The molecule has 3 rings (SSSR count). The SMILES string of the molecule is CCN(CC)Cc1ccc2c(c1)CN(C(=O)C(C)(C)C)[C@H](C(=O)Nc1cc(C)c(OC(C)=O)c(C)c1C)C2. The Morgan fingerprint density at radius 1 is 1.03 bits per heavy atom. The maximum atomic E-state index is 13.7. The molecule has 1 aliphatic heterocycles. The lowest BCUT2D eigenvalue weighted by Crippen LogP contribution is -2.53. The molecule has 0 bridgehead atoms. The highest BCUT2D eigenvalue weighted by molar-refractivity contribution is 5.99. The first-order valence-electron chi connectivity index (χ1n) is 13.5. The zero-order valence-corrected chi connectivity index (χ0v) is 24.4. The van der Waals surface area contributed by atoms with E-state index in [0.29, 0.717) is 24.4 Å². The van der Waals surface area contributed by atoms with E-state index in [1.807, 2.05) is 47.6 Å². The standard InChI is InChI=1S/C31H43N3O4/c1-10-33(11-2)17-23-12-13-24-16-27(34(18-25(24)15-23)30(37)31(7,8)9)29(36)32-26-14-19(3)28(38-22(6)35)21(5)20(26)4/h12-15,27H,10-11,16-18H2,1-9H3,(H,32,36)/t27-/m0/s1. The fourth-order valence-corrected chi connectivity index (χ4v) is 5.02. The van der Waals surface area contributed by atoms with Crippen LogP contribution in [-0.4, -0.2) is 46.7 Å². The van der Waals surface area contributed by atoms with Crippen LogP contribution in [0.15, 0.2) is 24.3 Å². The number of anilines is 1. The largest absolute Gasteiger partial charge is 0.426 e. The molecule has 206 valence electrons. The van der Waals surface area contributed by atoms with Crippen molar-refractivity contribution < 1.29 is 19.1 Å². The molecule has 1 N–H and O–H groups in total. The predicted molar refractivity (Wildman–Crippen MR) is 151 cm³/mol. The van der Waals surface area contributed by atoms with Crippen LogP contribution in [0, 0.1) is 26.2 Å². The number of fused-ring (bicyclic) bond motifs is 1. The Kier molecular flexibility index (Phi) is 9.03. The second-order valence-corrected chi connectivity index (χ2v) is 11.4. The van der Waals surface area contributed by atoms with E-state index in [2.05, 4.69) is 42.3 Å². The van der Waals surface area contributed by atoms with Crippen LogP contribution >= 0.6 is 0 Å². The smallest absolute Gasteiger partial charge is 0.308 e. The normalized spacial score (nSPS) is 15.3. The lowest BCUT2D eigenvalue weighted by atomic mass is 9.87. The summed E-state index contributed by atoms with van der Waals surface area (Å²) in [6, 6.07) is 7.63. The van der Waals surface area contributed by atoms with E-state index in [9.17, 15) is 14.4 Å². The molecule has 1 atom stereocenters. The number of carbonyl (C=O) groups is 3. The molecule has 0 aromatic heterocycles. The van der Waals surface area contributed by atoms with Gasteiger partial charge in [-0.05, 0) is 73.3 Å².